The van der Waals surface area contributed by atoms with E-state index >= 15 is 0 Å². The van der Waals surface area contributed by atoms with Crippen molar-refractivity contribution in [1.82, 2.24) is 4.90 Å². The quantitative estimate of drug-likeness (QED) is 0.469. The van der Waals surface area contributed by atoms with Gasteiger partial charge in [0.05, 0.1) is 20.8 Å². The summed E-state index contributed by atoms with van der Waals surface area (Å²) >= 11 is 3.42. The summed E-state index contributed by atoms with van der Waals surface area (Å²) in [7, 11) is 0. The van der Waals surface area contributed by atoms with Gasteiger partial charge in [-0.05, 0) is 96.2 Å². The minimum Gasteiger partial charge on any atom is -0.507 e. The summed E-state index contributed by atoms with van der Waals surface area (Å²) in [6, 6.07) is 12.8. The zero-order valence-electron chi connectivity index (χ0n) is 15.0. The molecule has 0 saturated carbocycles. The third-order valence-corrected chi connectivity index (χ3v) is 5.72. The van der Waals surface area contributed by atoms with Crippen LogP contribution < -0.4 is 4.74 Å². The van der Waals surface area contributed by atoms with Crippen molar-refractivity contribution in [2.75, 3.05) is 13.2 Å². The molecule has 140 valence electrons. The lowest BCUT2D eigenvalue weighted by molar-refractivity contribution is -0.122. The highest BCUT2D eigenvalue weighted by Gasteiger charge is 2.32. The van der Waals surface area contributed by atoms with Crippen LogP contribution in [0.1, 0.15) is 19.4 Å². The average Bonchev–Trinajstić information content (AvgIpc) is 2.94. The number of hydrogen-bond donors (Lipinski definition) is 1. The highest BCUT2D eigenvalue weighted by Crippen LogP contribution is 2.34. The van der Waals surface area contributed by atoms with Gasteiger partial charge in [-0.2, -0.15) is 0 Å². The number of amides is 1. The van der Waals surface area contributed by atoms with Crippen molar-refractivity contribution in [3.05, 3.63) is 56.5 Å². The van der Waals surface area contributed by atoms with Crippen molar-refractivity contribution >= 4 is 57.2 Å². The monoisotopic (exact) mass is 494 g/mol. The van der Waals surface area contributed by atoms with Crippen molar-refractivity contribution in [3.8, 4) is 11.5 Å². The van der Waals surface area contributed by atoms with Gasteiger partial charge >= 0.3 is 0 Å². The van der Waals surface area contributed by atoms with Crippen LogP contribution in [0.4, 0.5) is 5.69 Å². The number of ether oxygens (including phenoxy) is 1. The fourth-order valence-corrected chi connectivity index (χ4v) is 4.13. The molecule has 0 spiro atoms. The van der Waals surface area contributed by atoms with Crippen LogP contribution in [0.2, 0.25) is 0 Å². The molecule has 0 radical (unpaired) electrons. The number of hydrogen-bond acceptors (Lipinski definition) is 5. The van der Waals surface area contributed by atoms with Gasteiger partial charge in [0.15, 0.2) is 5.17 Å². The summed E-state index contributed by atoms with van der Waals surface area (Å²) in [5.41, 5.74) is 1.64. The molecule has 1 aliphatic rings. The number of aliphatic imine (C=N–C) groups is 1. The van der Waals surface area contributed by atoms with Gasteiger partial charge in [-0.3, -0.25) is 9.69 Å². The Hall–Kier alpha value is -2.00. The van der Waals surface area contributed by atoms with E-state index in [1.165, 1.54) is 11.8 Å². The predicted molar refractivity (Wildman–Crippen MR) is 118 cm³/mol. The molecule has 1 saturated heterocycles. The summed E-state index contributed by atoms with van der Waals surface area (Å²) in [5, 5.41) is 10.3. The third-order valence-electron chi connectivity index (χ3n) is 3.85. The highest BCUT2D eigenvalue weighted by molar-refractivity contribution is 14.1. The van der Waals surface area contributed by atoms with E-state index < -0.39 is 0 Å². The first-order valence-electron chi connectivity index (χ1n) is 8.53. The molecule has 27 heavy (non-hydrogen) atoms. The average molecular weight is 494 g/mol. The standard InChI is InChI=1S/C20H19IN2O3S/c1-3-23-19(25)18(12-13-5-10-17(24)16(21)11-13)27-20(23)22-14-6-8-15(9-7-14)26-4-2/h5-12,24H,3-4H2,1-2H3/b18-12-,22-20?. The molecule has 1 amide bonds. The summed E-state index contributed by atoms with van der Waals surface area (Å²) in [6.07, 6.45) is 1.83. The lowest BCUT2D eigenvalue weighted by atomic mass is 10.2. The molecule has 1 heterocycles. The maximum absolute atomic E-state index is 12.7. The van der Waals surface area contributed by atoms with Crippen molar-refractivity contribution in [2.45, 2.75) is 13.8 Å². The Morgan fingerprint density at radius 1 is 1.22 bits per heavy atom. The number of phenolic OH excluding ortho intramolecular Hbond substituents is 1. The molecule has 0 aromatic heterocycles. The van der Waals surface area contributed by atoms with E-state index in [9.17, 15) is 9.90 Å². The lowest BCUT2D eigenvalue weighted by Gasteiger charge is -2.12. The van der Waals surface area contributed by atoms with Crippen LogP contribution in [0.3, 0.4) is 0 Å². The summed E-state index contributed by atoms with van der Waals surface area (Å²) in [4.78, 5) is 19.6. The molecule has 0 atom stereocenters. The SMILES string of the molecule is CCOc1ccc(N=C2S/C(=C\c3ccc(O)c(I)c3)C(=O)N2CC)cc1. The van der Waals surface area contributed by atoms with Crippen LogP contribution in [0.25, 0.3) is 6.08 Å². The lowest BCUT2D eigenvalue weighted by Crippen LogP contribution is -2.28. The maximum atomic E-state index is 12.7. The van der Waals surface area contributed by atoms with E-state index in [0.29, 0.717) is 23.2 Å². The first-order chi connectivity index (χ1) is 13.0. The van der Waals surface area contributed by atoms with Gasteiger partial charge in [0.25, 0.3) is 5.91 Å². The first-order valence-corrected chi connectivity index (χ1v) is 10.4. The minimum atomic E-state index is -0.0599. The molecular formula is C20H19IN2O3S. The van der Waals surface area contributed by atoms with E-state index in [-0.39, 0.29) is 11.7 Å². The van der Waals surface area contributed by atoms with Crippen molar-refractivity contribution < 1.29 is 14.6 Å². The number of thioether (sulfide) groups is 1. The Labute approximate surface area is 176 Å². The third kappa shape index (κ3) is 4.65. The van der Waals surface area contributed by atoms with E-state index in [0.717, 1.165) is 20.6 Å². The largest absolute Gasteiger partial charge is 0.507 e. The molecule has 1 aliphatic heterocycles. The zero-order chi connectivity index (χ0) is 19.4. The van der Waals surface area contributed by atoms with Gasteiger partial charge in [-0.25, -0.2) is 4.99 Å². The molecule has 5 nitrogen and oxygen atoms in total. The summed E-state index contributed by atoms with van der Waals surface area (Å²) in [5.74, 6) is 0.970. The normalized spacial score (nSPS) is 17.1. The van der Waals surface area contributed by atoms with Crippen LogP contribution in [0.15, 0.2) is 52.4 Å². The molecule has 1 fully saturated rings. The van der Waals surface area contributed by atoms with Gasteiger partial charge in [0.2, 0.25) is 0 Å². The highest BCUT2D eigenvalue weighted by atomic mass is 127. The summed E-state index contributed by atoms with van der Waals surface area (Å²) in [6.45, 7) is 5.04. The Morgan fingerprint density at radius 2 is 1.96 bits per heavy atom. The Balaban J connectivity index is 1.87. The second-order valence-corrected chi connectivity index (χ2v) is 7.86. The van der Waals surface area contributed by atoms with Crippen molar-refractivity contribution in [3.63, 3.8) is 0 Å². The molecule has 2 aromatic carbocycles. The Kier molecular flexibility index (Phi) is 6.43. The fourth-order valence-electron chi connectivity index (χ4n) is 2.53. The molecule has 0 bridgehead atoms. The number of carbonyl (C=O) groups is 1. The summed E-state index contributed by atoms with van der Waals surface area (Å²) < 4.78 is 6.19. The number of likely N-dealkylation sites (N-methyl/N-ethyl adjacent to an activating group) is 1. The molecule has 1 N–H and O–H groups in total. The Morgan fingerprint density at radius 3 is 2.59 bits per heavy atom. The van der Waals surface area contributed by atoms with E-state index in [2.05, 4.69) is 27.6 Å². The van der Waals surface area contributed by atoms with Gasteiger partial charge < -0.3 is 9.84 Å². The number of phenols is 1. The zero-order valence-corrected chi connectivity index (χ0v) is 18.0. The first kappa shape index (κ1) is 19.8. The molecule has 2 aromatic rings. The van der Waals surface area contributed by atoms with Crippen LogP contribution in [-0.2, 0) is 4.79 Å². The second-order valence-electron chi connectivity index (χ2n) is 5.69. The van der Waals surface area contributed by atoms with Crippen LogP contribution in [-0.4, -0.2) is 34.2 Å². The van der Waals surface area contributed by atoms with Crippen molar-refractivity contribution in [1.29, 1.82) is 0 Å². The Bertz CT molecular complexity index is 910. The van der Waals surface area contributed by atoms with Crippen LogP contribution in [0.5, 0.6) is 11.5 Å². The van der Waals surface area contributed by atoms with E-state index in [1.54, 1.807) is 17.0 Å². The van der Waals surface area contributed by atoms with Crippen LogP contribution >= 0.6 is 34.4 Å². The number of amidine groups is 1. The van der Waals surface area contributed by atoms with Crippen LogP contribution in [0, 0.1) is 3.57 Å². The number of nitrogens with zero attached hydrogens (tertiary/aromatic N) is 2. The predicted octanol–water partition coefficient (Wildman–Crippen LogP) is 5.02. The number of halogens is 1. The van der Waals surface area contributed by atoms with E-state index in [4.69, 9.17) is 4.74 Å². The van der Waals surface area contributed by atoms with Gasteiger partial charge in [0, 0.05) is 6.54 Å². The molecule has 0 unspecified atom stereocenters. The van der Waals surface area contributed by atoms with E-state index in [1.807, 2.05) is 50.3 Å². The number of aromatic hydroxyl groups is 1. The van der Waals surface area contributed by atoms with Gasteiger partial charge in [0.1, 0.15) is 11.5 Å². The molecule has 3 rings (SSSR count). The second kappa shape index (κ2) is 8.79. The molecule has 7 heteroatoms. The fraction of sp³-hybridized carbons (Fsp3) is 0.200. The number of carbonyl (C=O) groups excluding carboxylic acids is 1. The van der Waals surface area contributed by atoms with Crippen molar-refractivity contribution in [2.24, 2.45) is 4.99 Å². The molecular weight excluding hydrogens is 475 g/mol. The molecule has 0 aliphatic carbocycles. The maximum Gasteiger partial charge on any atom is 0.266 e. The smallest absolute Gasteiger partial charge is 0.266 e. The topological polar surface area (TPSA) is 62.1 Å². The number of benzene rings is 2. The van der Waals surface area contributed by atoms with Gasteiger partial charge in [-0.15, -0.1) is 0 Å². The van der Waals surface area contributed by atoms with Gasteiger partial charge in [-0.1, -0.05) is 6.07 Å². The number of rotatable bonds is 5. The minimum absolute atomic E-state index is 0.0599.